The third-order valence-corrected chi connectivity index (χ3v) is 3.05. The molecule has 0 aliphatic carbocycles. The highest BCUT2D eigenvalue weighted by Gasteiger charge is 2.25. The molecular formula is C9H9N3O2S. The van der Waals surface area contributed by atoms with Gasteiger partial charge in [-0.15, -0.1) is 0 Å². The van der Waals surface area contributed by atoms with Gasteiger partial charge < -0.3 is 4.90 Å². The van der Waals surface area contributed by atoms with Gasteiger partial charge in [0.2, 0.25) is 0 Å². The molecule has 0 aromatic heterocycles. The number of hydrogen-bond donors (Lipinski definition) is 1. The van der Waals surface area contributed by atoms with E-state index in [2.05, 4.69) is 0 Å². The van der Waals surface area contributed by atoms with Gasteiger partial charge in [-0.3, -0.25) is 15.5 Å². The van der Waals surface area contributed by atoms with Crippen molar-refractivity contribution in [3.05, 3.63) is 34.4 Å². The lowest BCUT2D eigenvalue weighted by atomic mass is 10.2. The van der Waals surface area contributed by atoms with Crippen molar-refractivity contribution in [3.63, 3.8) is 0 Å². The Balaban J connectivity index is 2.42. The molecule has 1 aliphatic rings. The molecule has 0 atom stereocenters. The van der Waals surface area contributed by atoms with Gasteiger partial charge in [0.1, 0.15) is 5.69 Å². The molecule has 6 heteroatoms. The van der Waals surface area contributed by atoms with Gasteiger partial charge in [-0.1, -0.05) is 23.9 Å². The van der Waals surface area contributed by atoms with Gasteiger partial charge in [0.25, 0.3) is 5.69 Å². The second kappa shape index (κ2) is 3.90. The summed E-state index contributed by atoms with van der Waals surface area (Å²) in [5, 5.41) is 18.8. The fourth-order valence-corrected chi connectivity index (χ4v) is 2.30. The van der Waals surface area contributed by atoms with E-state index in [0.717, 1.165) is 5.75 Å². The number of anilines is 1. The van der Waals surface area contributed by atoms with Crippen molar-refractivity contribution in [2.45, 2.75) is 0 Å². The molecule has 0 bridgehead atoms. The van der Waals surface area contributed by atoms with E-state index >= 15 is 0 Å². The Hall–Kier alpha value is -1.56. The van der Waals surface area contributed by atoms with Crippen LogP contribution in [0.5, 0.6) is 0 Å². The predicted molar refractivity (Wildman–Crippen MR) is 60.6 cm³/mol. The van der Waals surface area contributed by atoms with Crippen molar-refractivity contribution in [3.8, 4) is 0 Å². The SMILES string of the molecule is N=C1SCCN1c1ccccc1[N+](=O)[O-]. The van der Waals surface area contributed by atoms with Crippen LogP contribution in [0.15, 0.2) is 24.3 Å². The number of nitro groups is 1. The molecule has 0 unspecified atom stereocenters. The van der Waals surface area contributed by atoms with Crippen LogP contribution >= 0.6 is 11.8 Å². The van der Waals surface area contributed by atoms with E-state index < -0.39 is 4.92 Å². The van der Waals surface area contributed by atoms with Crippen LogP contribution in [0.2, 0.25) is 0 Å². The number of nitrogens with one attached hydrogen (secondary N) is 1. The van der Waals surface area contributed by atoms with Crippen LogP contribution < -0.4 is 4.90 Å². The highest BCUT2D eigenvalue weighted by molar-refractivity contribution is 8.14. The molecule has 78 valence electrons. The number of para-hydroxylation sites is 2. The molecule has 1 saturated heterocycles. The van der Waals surface area contributed by atoms with Crippen molar-refractivity contribution in [1.29, 1.82) is 5.41 Å². The zero-order valence-corrected chi connectivity index (χ0v) is 8.66. The number of nitro benzene ring substituents is 1. The van der Waals surface area contributed by atoms with Crippen LogP contribution in [-0.4, -0.2) is 22.4 Å². The Morgan fingerprint density at radius 1 is 1.47 bits per heavy atom. The van der Waals surface area contributed by atoms with E-state index in [9.17, 15) is 10.1 Å². The molecule has 1 aliphatic heterocycles. The highest BCUT2D eigenvalue weighted by Crippen LogP contribution is 2.32. The molecule has 1 heterocycles. The fraction of sp³-hybridized carbons (Fsp3) is 0.222. The van der Waals surface area contributed by atoms with Gasteiger partial charge in [0.15, 0.2) is 5.17 Å². The topological polar surface area (TPSA) is 70.2 Å². The first-order valence-corrected chi connectivity index (χ1v) is 5.41. The largest absolute Gasteiger partial charge is 0.315 e. The third kappa shape index (κ3) is 1.80. The average Bonchev–Trinajstić information content (AvgIpc) is 2.64. The Morgan fingerprint density at radius 3 is 2.80 bits per heavy atom. The lowest BCUT2D eigenvalue weighted by Gasteiger charge is -2.16. The van der Waals surface area contributed by atoms with E-state index in [-0.39, 0.29) is 5.69 Å². The number of amidine groups is 1. The molecule has 2 rings (SSSR count). The first-order valence-electron chi connectivity index (χ1n) is 4.42. The van der Waals surface area contributed by atoms with Gasteiger partial charge >= 0.3 is 0 Å². The Labute approximate surface area is 90.7 Å². The first-order chi connectivity index (χ1) is 7.20. The molecule has 0 radical (unpaired) electrons. The fourth-order valence-electron chi connectivity index (χ4n) is 1.49. The smallest absolute Gasteiger partial charge is 0.292 e. The Bertz CT molecular complexity index is 422. The maximum atomic E-state index is 10.8. The summed E-state index contributed by atoms with van der Waals surface area (Å²) >= 11 is 1.41. The molecule has 1 aromatic rings. The number of hydrogen-bond acceptors (Lipinski definition) is 4. The molecule has 1 aromatic carbocycles. The summed E-state index contributed by atoms with van der Waals surface area (Å²) in [6.45, 7) is 0.661. The Morgan fingerprint density at radius 2 is 2.20 bits per heavy atom. The second-order valence-corrected chi connectivity index (χ2v) is 4.13. The van der Waals surface area contributed by atoms with Crippen molar-refractivity contribution >= 4 is 28.3 Å². The van der Waals surface area contributed by atoms with E-state index in [1.54, 1.807) is 23.1 Å². The van der Waals surface area contributed by atoms with Crippen LogP contribution in [-0.2, 0) is 0 Å². The normalized spacial score (nSPS) is 15.7. The number of nitrogens with zero attached hydrogens (tertiary/aromatic N) is 2. The van der Waals surface area contributed by atoms with E-state index in [0.29, 0.717) is 17.4 Å². The monoisotopic (exact) mass is 223 g/mol. The van der Waals surface area contributed by atoms with E-state index in [4.69, 9.17) is 5.41 Å². The van der Waals surface area contributed by atoms with Gasteiger partial charge in [-0.05, 0) is 6.07 Å². The minimum absolute atomic E-state index is 0.0600. The summed E-state index contributed by atoms with van der Waals surface area (Å²) in [4.78, 5) is 12.0. The average molecular weight is 223 g/mol. The molecular weight excluding hydrogens is 214 g/mol. The maximum Gasteiger partial charge on any atom is 0.292 e. The predicted octanol–water partition coefficient (Wildman–Crippen LogP) is 2.08. The lowest BCUT2D eigenvalue weighted by Crippen LogP contribution is -2.23. The molecule has 0 spiro atoms. The van der Waals surface area contributed by atoms with Crippen LogP contribution in [0, 0.1) is 15.5 Å². The van der Waals surface area contributed by atoms with E-state index in [1.165, 1.54) is 17.8 Å². The summed E-state index contributed by atoms with van der Waals surface area (Å²) in [5.41, 5.74) is 0.572. The maximum absolute atomic E-state index is 10.8. The highest BCUT2D eigenvalue weighted by atomic mass is 32.2. The minimum atomic E-state index is -0.411. The van der Waals surface area contributed by atoms with Crippen molar-refractivity contribution in [2.75, 3.05) is 17.2 Å². The van der Waals surface area contributed by atoms with Gasteiger partial charge in [0, 0.05) is 18.4 Å². The standard InChI is InChI=1S/C9H9N3O2S/c10-9-11(5-6-15-9)7-3-1-2-4-8(7)12(13)14/h1-4,10H,5-6H2. The quantitative estimate of drug-likeness (QED) is 0.615. The minimum Gasteiger partial charge on any atom is -0.315 e. The molecule has 0 saturated carbocycles. The third-order valence-electron chi connectivity index (χ3n) is 2.17. The van der Waals surface area contributed by atoms with Crippen molar-refractivity contribution < 1.29 is 4.92 Å². The van der Waals surface area contributed by atoms with Crippen molar-refractivity contribution in [1.82, 2.24) is 0 Å². The van der Waals surface area contributed by atoms with E-state index in [1.807, 2.05) is 0 Å². The van der Waals surface area contributed by atoms with Crippen LogP contribution in [0.3, 0.4) is 0 Å². The summed E-state index contributed by atoms with van der Waals surface area (Å²) < 4.78 is 0. The Kier molecular flexibility index (Phi) is 2.59. The first kappa shape index (κ1) is 9.97. The number of thioether (sulfide) groups is 1. The molecule has 1 N–H and O–H groups in total. The van der Waals surface area contributed by atoms with Crippen LogP contribution in [0.4, 0.5) is 11.4 Å². The summed E-state index contributed by atoms with van der Waals surface area (Å²) in [6.07, 6.45) is 0. The number of rotatable bonds is 2. The summed E-state index contributed by atoms with van der Waals surface area (Å²) in [5.74, 6) is 0.810. The molecule has 0 amide bonds. The van der Waals surface area contributed by atoms with Gasteiger partial charge in [-0.2, -0.15) is 0 Å². The van der Waals surface area contributed by atoms with Gasteiger partial charge in [0.05, 0.1) is 4.92 Å². The molecule has 1 fully saturated rings. The van der Waals surface area contributed by atoms with Gasteiger partial charge in [-0.25, -0.2) is 0 Å². The lowest BCUT2D eigenvalue weighted by molar-refractivity contribution is -0.384. The second-order valence-electron chi connectivity index (χ2n) is 3.05. The summed E-state index contributed by atoms with van der Waals surface area (Å²) in [6, 6.07) is 6.53. The summed E-state index contributed by atoms with van der Waals surface area (Å²) in [7, 11) is 0. The molecule has 5 nitrogen and oxygen atoms in total. The van der Waals surface area contributed by atoms with Crippen molar-refractivity contribution in [2.24, 2.45) is 0 Å². The zero-order chi connectivity index (χ0) is 10.8. The van der Waals surface area contributed by atoms with Crippen LogP contribution in [0.25, 0.3) is 0 Å². The number of benzene rings is 1. The zero-order valence-electron chi connectivity index (χ0n) is 7.84. The van der Waals surface area contributed by atoms with Crippen LogP contribution in [0.1, 0.15) is 0 Å². The molecule has 15 heavy (non-hydrogen) atoms.